The second-order valence-corrected chi connectivity index (χ2v) is 5.33. The zero-order valence-electron chi connectivity index (χ0n) is 9.73. The molecule has 3 heterocycles. The van der Waals surface area contributed by atoms with Gasteiger partial charge < -0.3 is 14.2 Å². The Morgan fingerprint density at radius 1 is 1.22 bits per heavy atom. The second kappa shape index (κ2) is 4.78. The number of morpholine rings is 1. The van der Waals surface area contributed by atoms with Crippen LogP contribution < -0.4 is 4.90 Å². The van der Waals surface area contributed by atoms with Crippen LogP contribution in [0.4, 0.5) is 5.82 Å². The van der Waals surface area contributed by atoms with E-state index in [1.54, 1.807) is 0 Å². The summed E-state index contributed by atoms with van der Waals surface area (Å²) in [4.78, 5) is 15.1. The van der Waals surface area contributed by atoms with Crippen molar-refractivity contribution in [1.82, 2.24) is 19.5 Å². The lowest BCUT2D eigenvalue weighted by Crippen LogP contribution is -2.37. The zero-order valence-corrected chi connectivity index (χ0v) is 12.6. The molecule has 1 fully saturated rings. The number of aryl methyl sites for hydroxylation is 1. The number of imidazole rings is 1. The van der Waals surface area contributed by atoms with Crippen LogP contribution in [0.5, 0.6) is 0 Å². The maximum Gasteiger partial charge on any atom is 0.226 e. The van der Waals surface area contributed by atoms with Gasteiger partial charge in [-0.05, 0) is 11.6 Å². The normalized spacial score (nSPS) is 16.5. The van der Waals surface area contributed by atoms with Crippen molar-refractivity contribution in [1.29, 1.82) is 0 Å². The quantitative estimate of drug-likeness (QED) is 0.427. The number of fused-ring (bicyclic) bond motifs is 1. The molecule has 1 saturated heterocycles. The third kappa shape index (κ3) is 2.04. The molecule has 0 saturated carbocycles. The summed E-state index contributed by atoms with van der Waals surface area (Å²) in [7, 11) is 1.96. The van der Waals surface area contributed by atoms with Gasteiger partial charge in [-0.1, -0.05) is 0 Å². The summed E-state index contributed by atoms with van der Waals surface area (Å²) in [5.74, 6) is 0.839. The number of ether oxygens (including phenoxy) is 1. The van der Waals surface area contributed by atoms with E-state index < -0.39 is 0 Å². The smallest absolute Gasteiger partial charge is 0.226 e. The highest BCUT2D eigenvalue weighted by Gasteiger charge is 2.20. The van der Waals surface area contributed by atoms with Crippen molar-refractivity contribution in [2.75, 3.05) is 31.2 Å². The summed E-state index contributed by atoms with van der Waals surface area (Å²) in [5.41, 5.74) is 1.56. The minimum atomic E-state index is 0.235. The van der Waals surface area contributed by atoms with Crippen LogP contribution in [0.2, 0.25) is 5.28 Å². The molecule has 0 aromatic carbocycles. The van der Waals surface area contributed by atoms with Crippen molar-refractivity contribution in [3.8, 4) is 0 Å². The SMILES string of the molecule is Cn1c(I)nc2nc(Cl)nc(N3CCOCC3)c21. The lowest BCUT2D eigenvalue weighted by atomic mass is 10.3. The molecule has 96 valence electrons. The molecule has 0 radical (unpaired) electrons. The summed E-state index contributed by atoms with van der Waals surface area (Å²) in [6.07, 6.45) is 0. The highest BCUT2D eigenvalue weighted by molar-refractivity contribution is 14.1. The van der Waals surface area contributed by atoms with E-state index in [0.29, 0.717) is 18.9 Å². The van der Waals surface area contributed by atoms with Crippen molar-refractivity contribution in [3.63, 3.8) is 0 Å². The molecule has 1 aliphatic rings. The molecule has 0 amide bonds. The van der Waals surface area contributed by atoms with Crippen LogP contribution in [-0.2, 0) is 11.8 Å². The van der Waals surface area contributed by atoms with E-state index in [9.17, 15) is 0 Å². The fourth-order valence-electron chi connectivity index (χ4n) is 2.03. The van der Waals surface area contributed by atoms with Gasteiger partial charge in [0.25, 0.3) is 0 Å². The monoisotopic (exact) mass is 379 g/mol. The number of hydrogen-bond acceptors (Lipinski definition) is 5. The molecule has 0 aliphatic carbocycles. The lowest BCUT2D eigenvalue weighted by Gasteiger charge is -2.28. The van der Waals surface area contributed by atoms with Crippen LogP contribution >= 0.6 is 34.2 Å². The first-order chi connectivity index (χ1) is 8.66. The number of anilines is 1. The van der Waals surface area contributed by atoms with Crippen molar-refractivity contribution in [3.05, 3.63) is 9.11 Å². The van der Waals surface area contributed by atoms with Gasteiger partial charge in [-0.15, -0.1) is 0 Å². The Kier molecular flexibility index (Phi) is 3.29. The van der Waals surface area contributed by atoms with Crippen LogP contribution in [-0.4, -0.2) is 45.8 Å². The molecule has 1 aliphatic heterocycles. The largest absolute Gasteiger partial charge is 0.378 e. The number of aromatic nitrogens is 4. The third-order valence-corrected chi connectivity index (χ3v) is 4.07. The topological polar surface area (TPSA) is 56.1 Å². The van der Waals surface area contributed by atoms with E-state index >= 15 is 0 Å². The Labute approximate surface area is 122 Å². The Hall–Kier alpha value is -0.670. The van der Waals surface area contributed by atoms with Crippen molar-refractivity contribution in [2.24, 2.45) is 7.05 Å². The molecule has 18 heavy (non-hydrogen) atoms. The van der Waals surface area contributed by atoms with Gasteiger partial charge >= 0.3 is 0 Å². The molecular weight excluding hydrogens is 369 g/mol. The maximum atomic E-state index is 5.97. The number of hydrogen-bond donors (Lipinski definition) is 0. The van der Waals surface area contributed by atoms with Gasteiger partial charge in [0.2, 0.25) is 5.28 Å². The lowest BCUT2D eigenvalue weighted by molar-refractivity contribution is 0.122. The fourth-order valence-corrected chi connectivity index (χ4v) is 2.66. The van der Waals surface area contributed by atoms with E-state index in [-0.39, 0.29) is 5.28 Å². The summed E-state index contributed by atoms with van der Waals surface area (Å²) >= 11 is 8.15. The average Bonchev–Trinajstić information content (AvgIpc) is 2.65. The van der Waals surface area contributed by atoms with Crippen LogP contribution in [0.15, 0.2) is 0 Å². The molecule has 0 atom stereocenters. The van der Waals surface area contributed by atoms with E-state index in [2.05, 4.69) is 42.4 Å². The van der Waals surface area contributed by atoms with E-state index in [1.165, 1.54) is 0 Å². The van der Waals surface area contributed by atoms with Gasteiger partial charge in [0.1, 0.15) is 5.52 Å². The number of rotatable bonds is 1. The molecule has 0 bridgehead atoms. The predicted octanol–water partition coefficient (Wildman–Crippen LogP) is 1.46. The van der Waals surface area contributed by atoms with Gasteiger partial charge in [0, 0.05) is 42.7 Å². The summed E-state index contributed by atoms with van der Waals surface area (Å²) in [6.45, 7) is 3.03. The minimum absolute atomic E-state index is 0.235. The first kappa shape index (κ1) is 12.4. The summed E-state index contributed by atoms with van der Waals surface area (Å²) < 4.78 is 8.21. The highest BCUT2D eigenvalue weighted by Crippen LogP contribution is 2.26. The molecule has 8 heteroatoms. The predicted molar refractivity (Wildman–Crippen MR) is 77.1 cm³/mol. The molecule has 0 spiro atoms. The third-order valence-electron chi connectivity index (χ3n) is 2.94. The van der Waals surface area contributed by atoms with Gasteiger partial charge in [-0.3, -0.25) is 0 Å². The Bertz CT molecular complexity index is 595. The van der Waals surface area contributed by atoms with Gasteiger partial charge in [-0.25, -0.2) is 4.98 Å². The first-order valence-electron chi connectivity index (χ1n) is 5.55. The van der Waals surface area contributed by atoms with Gasteiger partial charge in [0.15, 0.2) is 15.3 Å². The van der Waals surface area contributed by atoms with Crippen LogP contribution in [0.1, 0.15) is 0 Å². The molecule has 2 aromatic heterocycles. The first-order valence-corrected chi connectivity index (χ1v) is 7.00. The number of halogens is 2. The maximum absolute atomic E-state index is 5.97. The van der Waals surface area contributed by atoms with E-state index in [1.807, 2.05) is 11.6 Å². The number of nitrogens with zero attached hydrogens (tertiary/aromatic N) is 5. The zero-order chi connectivity index (χ0) is 12.7. The molecule has 2 aromatic rings. The van der Waals surface area contributed by atoms with Gasteiger partial charge in [-0.2, -0.15) is 9.97 Å². The molecule has 0 N–H and O–H groups in total. The highest BCUT2D eigenvalue weighted by atomic mass is 127. The van der Waals surface area contributed by atoms with Crippen LogP contribution in [0.25, 0.3) is 11.2 Å². The van der Waals surface area contributed by atoms with Crippen LogP contribution in [0, 0.1) is 3.83 Å². The molecule has 3 rings (SSSR count). The van der Waals surface area contributed by atoms with E-state index in [4.69, 9.17) is 16.3 Å². The molecule has 6 nitrogen and oxygen atoms in total. The van der Waals surface area contributed by atoms with Crippen molar-refractivity contribution in [2.45, 2.75) is 0 Å². The van der Waals surface area contributed by atoms with E-state index in [0.717, 1.165) is 28.3 Å². The minimum Gasteiger partial charge on any atom is -0.378 e. The molecular formula is C10H11ClIN5O. The Morgan fingerprint density at radius 3 is 2.67 bits per heavy atom. The van der Waals surface area contributed by atoms with Crippen LogP contribution in [0.3, 0.4) is 0 Å². The van der Waals surface area contributed by atoms with Crippen molar-refractivity contribution >= 4 is 51.2 Å². The Morgan fingerprint density at radius 2 is 1.94 bits per heavy atom. The Balaban J connectivity index is 2.19. The average molecular weight is 380 g/mol. The molecule has 0 unspecified atom stereocenters. The fraction of sp³-hybridized carbons (Fsp3) is 0.500. The van der Waals surface area contributed by atoms with Crippen molar-refractivity contribution < 1.29 is 4.74 Å². The second-order valence-electron chi connectivity index (χ2n) is 4.03. The summed E-state index contributed by atoms with van der Waals surface area (Å²) in [5, 5.41) is 0.235. The standard InChI is InChI=1S/C10H11ClIN5O/c1-16-6-7(14-10(16)12)13-9(11)15-8(6)17-2-4-18-5-3-17/h2-5H2,1H3. The summed E-state index contributed by atoms with van der Waals surface area (Å²) in [6, 6.07) is 0. The van der Waals surface area contributed by atoms with Gasteiger partial charge in [0.05, 0.1) is 13.2 Å².